The fourth-order valence-electron chi connectivity index (χ4n) is 1.85. The summed E-state index contributed by atoms with van der Waals surface area (Å²) in [5, 5.41) is 6.92. The number of benzene rings is 1. The van der Waals surface area contributed by atoms with E-state index in [9.17, 15) is 0 Å². The highest BCUT2D eigenvalue weighted by atomic mass is 35.5. The number of fused-ring (bicyclic) bond motifs is 1. The molecule has 5 nitrogen and oxygen atoms in total. The smallest absolute Gasteiger partial charge is 0.251 e. The minimum absolute atomic E-state index is 0.662. The van der Waals surface area contributed by atoms with Gasteiger partial charge in [-0.05, 0) is 19.2 Å². The predicted molar refractivity (Wildman–Crippen MR) is 70.5 cm³/mol. The van der Waals surface area contributed by atoms with E-state index in [1.165, 1.54) is 0 Å². The molecule has 0 spiro atoms. The van der Waals surface area contributed by atoms with Crippen molar-refractivity contribution in [1.82, 2.24) is 24.9 Å². The fourth-order valence-corrected chi connectivity index (χ4v) is 2.04. The zero-order valence-corrected chi connectivity index (χ0v) is 10.6. The van der Waals surface area contributed by atoms with Gasteiger partial charge in [0.2, 0.25) is 0 Å². The lowest BCUT2D eigenvalue weighted by Crippen LogP contribution is -2.05. The minimum Gasteiger partial charge on any atom is -0.314 e. The summed E-state index contributed by atoms with van der Waals surface area (Å²) in [5.74, 6) is 1.42. The maximum Gasteiger partial charge on any atom is 0.251 e. The van der Waals surface area contributed by atoms with E-state index >= 15 is 0 Å². The van der Waals surface area contributed by atoms with E-state index in [4.69, 9.17) is 11.6 Å². The quantitative estimate of drug-likeness (QED) is 0.759. The van der Waals surface area contributed by atoms with Gasteiger partial charge in [-0.15, -0.1) is 0 Å². The van der Waals surface area contributed by atoms with Crippen molar-refractivity contribution in [3.05, 3.63) is 41.2 Å². The summed E-state index contributed by atoms with van der Waals surface area (Å²) in [4.78, 5) is 8.83. The number of rotatable bonds is 3. The third-order valence-corrected chi connectivity index (χ3v) is 2.87. The first-order valence-corrected chi connectivity index (χ1v) is 5.98. The molecule has 0 saturated heterocycles. The van der Waals surface area contributed by atoms with Crippen LogP contribution < -0.4 is 5.32 Å². The molecular formula is C12H12ClN5. The Hall–Kier alpha value is -1.85. The molecule has 0 atom stereocenters. The summed E-state index contributed by atoms with van der Waals surface area (Å²) in [6.07, 6.45) is 1.92. The second kappa shape index (κ2) is 4.44. The van der Waals surface area contributed by atoms with E-state index in [-0.39, 0.29) is 0 Å². The summed E-state index contributed by atoms with van der Waals surface area (Å²) in [6.45, 7) is 0.726. The molecule has 2 aromatic heterocycles. The molecule has 0 aliphatic rings. The van der Waals surface area contributed by atoms with Gasteiger partial charge in [0.1, 0.15) is 0 Å². The number of hydrogen-bond donors (Lipinski definition) is 2. The largest absolute Gasteiger partial charge is 0.314 e. The van der Waals surface area contributed by atoms with Gasteiger partial charge in [0.15, 0.2) is 5.82 Å². The standard InChI is InChI=1S/C12H12ClN5/c1-14-6-10-7-18-12(15-10)16-11(17-18)8-3-2-4-9(13)5-8/h2-5,7,14H,6H2,1H3,(H,15,16,17). The maximum absolute atomic E-state index is 5.96. The molecule has 2 N–H and O–H groups in total. The summed E-state index contributed by atoms with van der Waals surface area (Å²) in [5.41, 5.74) is 1.90. The molecule has 1 aromatic carbocycles. The van der Waals surface area contributed by atoms with Crippen LogP contribution in [0, 0.1) is 0 Å². The number of H-pyrrole nitrogens is 1. The highest BCUT2D eigenvalue weighted by Crippen LogP contribution is 2.20. The molecule has 0 aliphatic carbocycles. The molecule has 0 radical (unpaired) electrons. The number of hydrogen-bond acceptors (Lipinski definition) is 3. The van der Waals surface area contributed by atoms with Crippen LogP contribution >= 0.6 is 11.6 Å². The van der Waals surface area contributed by atoms with Crippen LogP contribution in [0.4, 0.5) is 0 Å². The predicted octanol–water partition coefficient (Wildman–Crippen LogP) is 2.10. The van der Waals surface area contributed by atoms with Gasteiger partial charge in [-0.3, -0.25) is 5.10 Å². The lowest BCUT2D eigenvalue weighted by atomic mass is 10.2. The van der Waals surface area contributed by atoms with Gasteiger partial charge >= 0.3 is 0 Å². The molecule has 0 amide bonds. The summed E-state index contributed by atoms with van der Waals surface area (Å²) in [7, 11) is 1.89. The zero-order valence-electron chi connectivity index (χ0n) is 9.81. The van der Waals surface area contributed by atoms with Crippen LogP contribution in [0.5, 0.6) is 0 Å². The van der Waals surface area contributed by atoms with Crippen LogP contribution in [-0.4, -0.2) is 26.6 Å². The molecule has 0 bridgehead atoms. The first-order valence-electron chi connectivity index (χ1n) is 5.61. The highest BCUT2D eigenvalue weighted by Gasteiger charge is 2.08. The molecule has 92 valence electrons. The number of aromatic amines is 1. The number of aromatic nitrogens is 4. The fraction of sp³-hybridized carbons (Fsp3) is 0.167. The third kappa shape index (κ3) is 1.98. The molecule has 18 heavy (non-hydrogen) atoms. The van der Waals surface area contributed by atoms with Gasteiger partial charge in [-0.1, -0.05) is 23.7 Å². The Kier molecular flexibility index (Phi) is 2.77. The maximum atomic E-state index is 5.96. The van der Waals surface area contributed by atoms with Crippen molar-refractivity contribution < 1.29 is 0 Å². The molecule has 0 fully saturated rings. The van der Waals surface area contributed by atoms with Gasteiger partial charge in [0.25, 0.3) is 5.78 Å². The second-order valence-electron chi connectivity index (χ2n) is 4.02. The highest BCUT2D eigenvalue weighted by molar-refractivity contribution is 6.30. The van der Waals surface area contributed by atoms with Crippen LogP contribution in [0.2, 0.25) is 5.02 Å². The Balaban J connectivity index is 2.01. The van der Waals surface area contributed by atoms with Crippen molar-refractivity contribution in [3.63, 3.8) is 0 Å². The second-order valence-corrected chi connectivity index (χ2v) is 4.45. The van der Waals surface area contributed by atoms with Crippen molar-refractivity contribution in [1.29, 1.82) is 0 Å². The van der Waals surface area contributed by atoms with E-state index in [1.807, 2.05) is 42.0 Å². The van der Waals surface area contributed by atoms with Crippen LogP contribution in [0.3, 0.4) is 0 Å². The van der Waals surface area contributed by atoms with Gasteiger partial charge in [-0.2, -0.15) is 4.98 Å². The number of halogens is 1. The van der Waals surface area contributed by atoms with Crippen LogP contribution in [0.15, 0.2) is 30.5 Å². The lowest BCUT2D eigenvalue weighted by molar-refractivity contribution is 0.795. The van der Waals surface area contributed by atoms with E-state index in [0.717, 1.165) is 23.6 Å². The van der Waals surface area contributed by atoms with Crippen molar-refractivity contribution in [2.45, 2.75) is 6.54 Å². The summed E-state index contributed by atoms with van der Waals surface area (Å²) < 4.78 is 1.81. The van der Waals surface area contributed by atoms with E-state index in [1.54, 1.807) is 0 Å². The molecular weight excluding hydrogens is 250 g/mol. The molecule has 3 aromatic rings. The van der Waals surface area contributed by atoms with Gasteiger partial charge in [-0.25, -0.2) is 9.50 Å². The van der Waals surface area contributed by atoms with Gasteiger partial charge in [0.05, 0.1) is 11.9 Å². The van der Waals surface area contributed by atoms with Crippen molar-refractivity contribution in [3.8, 4) is 11.4 Å². The zero-order chi connectivity index (χ0) is 12.5. The minimum atomic E-state index is 0.662. The van der Waals surface area contributed by atoms with Crippen molar-refractivity contribution >= 4 is 17.4 Å². The molecule has 0 saturated carbocycles. The third-order valence-electron chi connectivity index (χ3n) is 2.63. The number of nitrogens with zero attached hydrogens (tertiary/aromatic N) is 3. The first-order chi connectivity index (χ1) is 8.76. The monoisotopic (exact) mass is 261 g/mol. The Labute approximate surface area is 109 Å². The number of imidazole rings is 1. The normalized spacial score (nSPS) is 11.2. The van der Waals surface area contributed by atoms with Crippen molar-refractivity contribution in [2.24, 2.45) is 0 Å². The van der Waals surface area contributed by atoms with Crippen LogP contribution in [-0.2, 0) is 6.54 Å². The Morgan fingerprint density at radius 3 is 3.00 bits per heavy atom. The molecule has 2 heterocycles. The van der Waals surface area contributed by atoms with Gasteiger partial charge < -0.3 is 5.32 Å². The molecule has 6 heteroatoms. The summed E-state index contributed by atoms with van der Waals surface area (Å²) in [6, 6.07) is 7.56. The van der Waals surface area contributed by atoms with Crippen LogP contribution in [0.1, 0.15) is 5.69 Å². The Bertz CT molecular complexity index is 653. The Morgan fingerprint density at radius 1 is 1.39 bits per heavy atom. The van der Waals surface area contributed by atoms with E-state index < -0.39 is 0 Å². The summed E-state index contributed by atoms with van der Waals surface area (Å²) >= 11 is 5.96. The van der Waals surface area contributed by atoms with Crippen molar-refractivity contribution in [2.75, 3.05) is 7.05 Å². The van der Waals surface area contributed by atoms with E-state index in [0.29, 0.717) is 10.8 Å². The SMILES string of the molecule is CNCc1cn2[nH]c(-c3cccc(Cl)c3)nc2n1. The lowest BCUT2D eigenvalue weighted by Gasteiger charge is -1.96. The Morgan fingerprint density at radius 2 is 2.28 bits per heavy atom. The molecule has 0 unspecified atom stereocenters. The number of nitrogens with one attached hydrogen (secondary N) is 2. The topological polar surface area (TPSA) is 58.0 Å². The molecule has 0 aliphatic heterocycles. The average molecular weight is 262 g/mol. The van der Waals surface area contributed by atoms with E-state index in [2.05, 4.69) is 20.4 Å². The molecule has 3 rings (SSSR count). The first kappa shape index (κ1) is 11.3. The van der Waals surface area contributed by atoms with Gasteiger partial charge in [0, 0.05) is 17.1 Å². The average Bonchev–Trinajstić information content (AvgIpc) is 2.87. The van der Waals surface area contributed by atoms with Crippen LogP contribution in [0.25, 0.3) is 17.2 Å².